The number of nitrogens with one attached hydrogen (secondary N) is 1. The van der Waals surface area contributed by atoms with Gasteiger partial charge in [-0.2, -0.15) is 0 Å². The third-order valence-electron chi connectivity index (χ3n) is 0.542. The molecule has 0 aliphatic carbocycles. The quantitative estimate of drug-likeness (QED) is 0.272. The van der Waals surface area contributed by atoms with Crippen molar-refractivity contribution in [2.24, 2.45) is 0 Å². The second kappa shape index (κ2) is 2.79. The third kappa shape index (κ3) is 1.42. The standard InChI is InChI=1S/C4H5NO3/c5-1-3(2-6)4(7)8/h1-2,5-6H,(H,7,8)/b3-2-,5-1?. The summed E-state index contributed by atoms with van der Waals surface area (Å²) >= 11 is 0. The van der Waals surface area contributed by atoms with Crippen molar-refractivity contribution in [1.29, 1.82) is 5.41 Å². The molecule has 4 heteroatoms. The number of hydrogen-bond donors (Lipinski definition) is 3. The Morgan fingerprint density at radius 2 is 2.12 bits per heavy atom. The van der Waals surface area contributed by atoms with Gasteiger partial charge in [0.2, 0.25) is 0 Å². The van der Waals surface area contributed by atoms with Crippen LogP contribution < -0.4 is 0 Å². The van der Waals surface area contributed by atoms with Crippen LogP contribution in [0.5, 0.6) is 0 Å². The molecule has 0 aromatic rings. The Hall–Kier alpha value is -1.32. The van der Waals surface area contributed by atoms with Crippen LogP contribution in [0.15, 0.2) is 11.8 Å². The summed E-state index contributed by atoms with van der Waals surface area (Å²) < 4.78 is 0. The zero-order chi connectivity index (χ0) is 6.57. The zero-order valence-electron chi connectivity index (χ0n) is 3.96. The SMILES string of the molecule is N=C/C(=C/O)C(=O)O. The van der Waals surface area contributed by atoms with Crippen molar-refractivity contribution in [1.82, 2.24) is 0 Å². The van der Waals surface area contributed by atoms with Gasteiger partial charge in [0, 0.05) is 6.21 Å². The van der Waals surface area contributed by atoms with Crippen LogP contribution in [0.25, 0.3) is 0 Å². The number of carbonyl (C=O) groups is 1. The molecule has 0 radical (unpaired) electrons. The fourth-order valence-electron chi connectivity index (χ4n) is 0.154. The van der Waals surface area contributed by atoms with Crippen LogP contribution in [-0.4, -0.2) is 22.4 Å². The minimum Gasteiger partial charge on any atom is -0.515 e. The first kappa shape index (κ1) is 6.68. The van der Waals surface area contributed by atoms with Crippen molar-refractivity contribution in [3.63, 3.8) is 0 Å². The highest BCUT2D eigenvalue weighted by atomic mass is 16.4. The Morgan fingerprint density at radius 3 is 2.12 bits per heavy atom. The summed E-state index contributed by atoms with van der Waals surface area (Å²) in [6.07, 6.45) is 0.928. The highest BCUT2D eigenvalue weighted by molar-refractivity contribution is 6.07. The number of carboxylic acid groups (broad SMARTS) is 1. The lowest BCUT2D eigenvalue weighted by atomic mass is 10.3. The molecule has 0 saturated carbocycles. The molecule has 0 aliphatic heterocycles. The van der Waals surface area contributed by atoms with E-state index in [0.717, 1.165) is 0 Å². The fourth-order valence-corrected chi connectivity index (χ4v) is 0.154. The average Bonchev–Trinajstić information content (AvgIpc) is 1.69. The molecule has 0 amide bonds. The highest BCUT2D eigenvalue weighted by Gasteiger charge is 2.00. The molecule has 0 atom stereocenters. The molecule has 0 spiro atoms. The summed E-state index contributed by atoms with van der Waals surface area (Å²) in [6, 6.07) is 0. The Balaban J connectivity index is 4.13. The van der Waals surface area contributed by atoms with Crippen LogP contribution >= 0.6 is 0 Å². The van der Waals surface area contributed by atoms with Crippen molar-refractivity contribution in [3.8, 4) is 0 Å². The van der Waals surface area contributed by atoms with Gasteiger partial charge in [0.25, 0.3) is 0 Å². The maximum Gasteiger partial charge on any atom is 0.340 e. The van der Waals surface area contributed by atoms with Gasteiger partial charge >= 0.3 is 5.97 Å². The zero-order valence-corrected chi connectivity index (χ0v) is 3.96. The van der Waals surface area contributed by atoms with Crippen molar-refractivity contribution in [3.05, 3.63) is 11.8 Å². The van der Waals surface area contributed by atoms with Crippen molar-refractivity contribution in [2.75, 3.05) is 0 Å². The molecule has 0 bridgehead atoms. The second-order valence-corrected chi connectivity index (χ2v) is 1.03. The molecular weight excluding hydrogens is 110 g/mol. The van der Waals surface area contributed by atoms with E-state index in [4.69, 9.17) is 15.6 Å². The molecular formula is C4H5NO3. The van der Waals surface area contributed by atoms with E-state index in [1.807, 2.05) is 0 Å². The first-order valence-electron chi connectivity index (χ1n) is 1.80. The third-order valence-corrected chi connectivity index (χ3v) is 0.542. The van der Waals surface area contributed by atoms with E-state index in [1.165, 1.54) is 0 Å². The van der Waals surface area contributed by atoms with Crippen LogP contribution in [0.3, 0.4) is 0 Å². The Kier molecular flexibility index (Phi) is 2.33. The second-order valence-electron chi connectivity index (χ2n) is 1.03. The average molecular weight is 115 g/mol. The molecule has 0 unspecified atom stereocenters. The Morgan fingerprint density at radius 1 is 1.62 bits per heavy atom. The van der Waals surface area contributed by atoms with Crippen LogP contribution in [0.4, 0.5) is 0 Å². The maximum atomic E-state index is 9.78. The monoisotopic (exact) mass is 115 g/mol. The van der Waals surface area contributed by atoms with Gasteiger partial charge in [0.05, 0.1) is 6.26 Å². The molecule has 4 nitrogen and oxygen atoms in total. The van der Waals surface area contributed by atoms with Crippen molar-refractivity contribution < 1.29 is 15.0 Å². The Bertz CT molecular complexity index is 138. The molecule has 0 aromatic carbocycles. The normalized spacial score (nSPS) is 10.8. The van der Waals surface area contributed by atoms with Gasteiger partial charge in [-0.3, -0.25) is 0 Å². The predicted octanol–water partition coefficient (Wildman–Crippen LogP) is 0.162. The van der Waals surface area contributed by atoms with Gasteiger partial charge in [-0.25, -0.2) is 4.79 Å². The van der Waals surface area contributed by atoms with Crippen molar-refractivity contribution >= 4 is 12.2 Å². The predicted molar refractivity (Wildman–Crippen MR) is 27.1 cm³/mol. The van der Waals surface area contributed by atoms with E-state index in [9.17, 15) is 4.79 Å². The minimum atomic E-state index is -1.30. The largest absolute Gasteiger partial charge is 0.515 e. The summed E-state index contributed by atoms with van der Waals surface area (Å²) in [4.78, 5) is 9.78. The summed E-state index contributed by atoms with van der Waals surface area (Å²) in [7, 11) is 0. The number of carboxylic acids is 1. The Labute approximate surface area is 45.6 Å². The molecule has 8 heavy (non-hydrogen) atoms. The molecule has 0 saturated heterocycles. The molecule has 0 fully saturated rings. The molecule has 0 aliphatic rings. The number of aliphatic carboxylic acids is 1. The first-order chi connectivity index (χ1) is 3.72. The van der Waals surface area contributed by atoms with Crippen LogP contribution in [-0.2, 0) is 4.79 Å². The molecule has 0 aromatic heterocycles. The number of aliphatic hydroxyl groups excluding tert-OH is 1. The molecule has 0 heterocycles. The van der Waals surface area contributed by atoms with E-state index < -0.39 is 11.5 Å². The lowest BCUT2D eigenvalue weighted by Gasteiger charge is -1.84. The van der Waals surface area contributed by atoms with E-state index >= 15 is 0 Å². The van der Waals surface area contributed by atoms with Gasteiger partial charge in [-0.1, -0.05) is 0 Å². The fraction of sp³-hybridized carbons (Fsp3) is 0. The summed E-state index contributed by atoms with van der Waals surface area (Å²) in [5, 5.41) is 22.4. The first-order valence-corrected chi connectivity index (χ1v) is 1.80. The number of aliphatic hydroxyl groups is 1. The maximum absolute atomic E-state index is 9.78. The smallest absolute Gasteiger partial charge is 0.340 e. The highest BCUT2D eigenvalue weighted by Crippen LogP contribution is 1.84. The topological polar surface area (TPSA) is 81.4 Å². The van der Waals surface area contributed by atoms with E-state index in [0.29, 0.717) is 12.5 Å². The van der Waals surface area contributed by atoms with Crippen LogP contribution in [0.2, 0.25) is 0 Å². The van der Waals surface area contributed by atoms with E-state index in [-0.39, 0.29) is 0 Å². The lowest BCUT2D eigenvalue weighted by Crippen LogP contribution is -2.00. The molecule has 44 valence electrons. The van der Waals surface area contributed by atoms with Crippen molar-refractivity contribution in [2.45, 2.75) is 0 Å². The van der Waals surface area contributed by atoms with Gasteiger partial charge in [0.15, 0.2) is 0 Å². The lowest BCUT2D eigenvalue weighted by molar-refractivity contribution is -0.132. The van der Waals surface area contributed by atoms with Gasteiger partial charge in [-0.15, -0.1) is 0 Å². The van der Waals surface area contributed by atoms with Crippen LogP contribution in [0.1, 0.15) is 0 Å². The molecule has 0 rings (SSSR count). The van der Waals surface area contributed by atoms with Crippen LogP contribution in [0, 0.1) is 5.41 Å². The number of rotatable bonds is 2. The van der Waals surface area contributed by atoms with Gasteiger partial charge < -0.3 is 15.6 Å². The van der Waals surface area contributed by atoms with Gasteiger partial charge in [0.1, 0.15) is 5.57 Å². The van der Waals surface area contributed by atoms with E-state index in [2.05, 4.69) is 0 Å². The van der Waals surface area contributed by atoms with E-state index in [1.54, 1.807) is 0 Å². The summed E-state index contributed by atoms with van der Waals surface area (Å²) in [5.74, 6) is -1.30. The summed E-state index contributed by atoms with van der Waals surface area (Å²) in [5.41, 5.74) is -0.426. The van der Waals surface area contributed by atoms with Gasteiger partial charge in [-0.05, 0) is 0 Å². The molecule has 3 N–H and O–H groups in total. The summed E-state index contributed by atoms with van der Waals surface area (Å²) in [6.45, 7) is 0. The number of hydrogen-bond acceptors (Lipinski definition) is 3. The minimum absolute atomic E-state index is 0.370.